The molecular formula is C9H13NOS. The first-order valence-electron chi connectivity index (χ1n) is 3.92. The molecule has 3 heteroatoms. The van der Waals surface area contributed by atoms with E-state index in [0.717, 1.165) is 5.69 Å². The predicted octanol–water partition coefficient (Wildman–Crippen LogP) is 2.17. The number of rotatable bonds is 3. The topological polar surface area (TPSA) is 29.1 Å². The van der Waals surface area contributed by atoms with Gasteiger partial charge in [0.05, 0.1) is 0 Å². The third-order valence-corrected chi connectivity index (χ3v) is 2.71. The Balaban J connectivity index is 2.59. The molecule has 0 aliphatic heterocycles. The van der Waals surface area contributed by atoms with Gasteiger partial charge in [-0.1, -0.05) is 18.2 Å². The van der Waals surface area contributed by atoms with Crippen LogP contribution in [0.2, 0.25) is 0 Å². The van der Waals surface area contributed by atoms with Gasteiger partial charge in [-0.2, -0.15) is 0 Å². The fraction of sp³-hybridized carbons (Fsp3) is 0.333. The average molecular weight is 183 g/mol. The van der Waals surface area contributed by atoms with Gasteiger partial charge in [-0.05, 0) is 26.0 Å². The molecule has 1 aromatic carbocycles. The first-order chi connectivity index (χ1) is 5.70. The van der Waals surface area contributed by atoms with E-state index < -0.39 is 11.0 Å². The molecule has 0 aromatic heterocycles. The lowest BCUT2D eigenvalue weighted by Gasteiger charge is -2.07. The molecule has 66 valence electrons. The number of anilines is 1. The minimum absolute atomic E-state index is 0.144. The van der Waals surface area contributed by atoms with Gasteiger partial charge in [0.15, 0.2) is 0 Å². The van der Waals surface area contributed by atoms with E-state index in [9.17, 15) is 4.21 Å². The van der Waals surface area contributed by atoms with Gasteiger partial charge >= 0.3 is 0 Å². The highest BCUT2D eigenvalue weighted by molar-refractivity contribution is 7.86. The monoisotopic (exact) mass is 183 g/mol. The van der Waals surface area contributed by atoms with E-state index in [-0.39, 0.29) is 5.25 Å². The molecule has 12 heavy (non-hydrogen) atoms. The summed E-state index contributed by atoms with van der Waals surface area (Å²) < 4.78 is 14.2. The number of hydrogen-bond acceptors (Lipinski definition) is 1. The Morgan fingerprint density at radius 3 is 2.33 bits per heavy atom. The molecule has 1 aromatic rings. The standard InChI is InChI=1S/C9H13NOS/c1-8(2)12(11)10-9-6-4-3-5-7-9/h3-8,10H,1-2H3/t12-/m0/s1. The van der Waals surface area contributed by atoms with Gasteiger partial charge in [0.25, 0.3) is 0 Å². The van der Waals surface area contributed by atoms with Crippen molar-refractivity contribution in [2.45, 2.75) is 19.1 Å². The SMILES string of the molecule is CC(C)[S@](=O)Nc1ccccc1. The zero-order valence-electron chi connectivity index (χ0n) is 7.28. The molecule has 1 rings (SSSR count). The third kappa shape index (κ3) is 2.66. The molecule has 0 spiro atoms. The molecule has 0 amide bonds. The highest BCUT2D eigenvalue weighted by Crippen LogP contribution is 2.07. The quantitative estimate of drug-likeness (QED) is 0.764. The lowest BCUT2D eigenvalue weighted by Crippen LogP contribution is -2.14. The van der Waals surface area contributed by atoms with Crippen LogP contribution in [0.25, 0.3) is 0 Å². The Morgan fingerprint density at radius 2 is 1.83 bits per heavy atom. The molecular weight excluding hydrogens is 170 g/mol. The van der Waals surface area contributed by atoms with Crippen LogP contribution in [-0.2, 0) is 11.0 Å². The van der Waals surface area contributed by atoms with Crippen LogP contribution in [0.15, 0.2) is 30.3 Å². The zero-order valence-corrected chi connectivity index (χ0v) is 8.10. The van der Waals surface area contributed by atoms with E-state index in [4.69, 9.17) is 0 Å². The van der Waals surface area contributed by atoms with Crippen molar-refractivity contribution in [2.75, 3.05) is 4.72 Å². The second-order valence-electron chi connectivity index (χ2n) is 2.81. The Bertz CT molecular complexity index is 258. The van der Waals surface area contributed by atoms with Gasteiger partial charge in [-0.15, -0.1) is 0 Å². The summed E-state index contributed by atoms with van der Waals surface area (Å²) in [6, 6.07) is 9.57. The molecule has 0 radical (unpaired) electrons. The summed E-state index contributed by atoms with van der Waals surface area (Å²) in [6.07, 6.45) is 0. The number of benzene rings is 1. The van der Waals surface area contributed by atoms with Crippen LogP contribution in [0.1, 0.15) is 13.8 Å². The summed E-state index contributed by atoms with van der Waals surface area (Å²) in [4.78, 5) is 0. The van der Waals surface area contributed by atoms with Crippen molar-refractivity contribution in [3.05, 3.63) is 30.3 Å². The minimum Gasteiger partial charge on any atom is -0.305 e. The first kappa shape index (κ1) is 9.26. The molecule has 0 bridgehead atoms. The largest absolute Gasteiger partial charge is 0.305 e. The molecule has 0 heterocycles. The molecule has 1 N–H and O–H groups in total. The van der Waals surface area contributed by atoms with Crippen LogP contribution in [0.3, 0.4) is 0 Å². The van der Waals surface area contributed by atoms with E-state index >= 15 is 0 Å². The van der Waals surface area contributed by atoms with Crippen LogP contribution in [0.5, 0.6) is 0 Å². The maximum Gasteiger partial charge on any atom is 0.119 e. The van der Waals surface area contributed by atoms with Gasteiger partial charge in [0, 0.05) is 10.9 Å². The molecule has 0 saturated carbocycles. The molecule has 0 saturated heterocycles. The van der Waals surface area contributed by atoms with Gasteiger partial charge in [-0.25, -0.2) is 4.21 Å². The van der Waals surface area contributed by atoms with Gasteiger partial charge in [-0.3, -0.25) is 0 Å². The lowest BCUT2D eigenvalue weighted by molar-refractivity contribution is 0.680. The molecule has 1 atom stereocenters. The van der Waals surface area contributed by atoms with E-state index in [1.807, 2.05) is 44.2 Å². The summed E-state index contributed by atoms with van der Waals surface area (Å²) in [7, 11) is -0.973. The van der Waals surface area contributed by atoms with Crippen molar-refractivity contribution >= 4 is 16.7 Å². The van der Waals surface area contributed by atoms with Gasteiger partial charge < -0.3 is 4.72 Å². The summed E-state index contributed by atoms with van der Waals surface area (Å²) in [6.45, 7) is 3.85. The second-order valence-corrected chi connectivity index (χ2v) is 4.56. The number of nitrogens with one attached hydrogen (secondary N) is 1. The summed E-state index contributed by atoms with van der Waals surface area (Å²) in [5, 5.41) is 0.144. The van der Waals surface area contributed by atoms with Crippen LogP contribution in [0, 0.1) is 0 Å². The van der Waals surface area contributed by atoms with Crippen LogP contribution < -0.4 is 4.72 Å². The van der Waals surface area contributed by atoms with Gasteiger partial charge in [0.2, 0.25) is 0 Å². The molecule has 0 aliphatic rings. The van der Waals surface area contributed by atoms with Crippen LogP contribution in [-0.4, -0.2) is 9.46 Å². The minimum atomic E-state index is -0.973. The Labute approximate surface area is 75.6 Å². The van der Waals surface area contributed by atoms with Crippen LogP contribution >= 0.6 is 0 Å². The van der Waals surface area contributed by atoms with Gasteiger partial charge in [0.1, 0.15) is 11.0 Å². The Kier molecular flexibility index (Phi) is 3.29. The first-order valence-corrected chi connectivity index (χ1v) is 5.13. The van der Waals surface area contributed by atoms with E-state index in [1.165, 1.54) is 0 Å². The second kappa shape index (κ2) is 4.26. The van der Waals surface area contributed by atoms with Crippen molar-refractivity contribution < 1.29 is 4.21 Å². The molecule has 0 unspecified atom stereocenters. The lowest BCUT2D eigenvalue weighted by atomic mass is 10.3. The maximum atomic E-state index is 11.3. The summed E-state index contributed by atoms with van der Waals surface area (Å²) in [5.74, 6) is 0. The molecule has 0 aliphatic carbocycles. The fourth-order valence-electron chi connectivity index (χ4n) is 0.740. The van der Waals surface area contributed by atoms with Crippen LogP contribution in [0.4, 0.5) is 5.69 Å². The van der Waals surface area contributed by atoms with Crippen molar-refractivity contribution in [1.82, 2.24) is 0 Å². The third-order valence-electron chi connectivity index (χ3n) is 1.42. The van der Waals surface area contributed by atoms with Crippen molar-refractivity contribution in [3.63, 3.8) is 0 Å². The molecule has 0 fully saturated rings. The molecule has 2 nitrogen and oxygen atoms in total. The average Bonchev–Trinajstić information content (AvgIpc) is 2.06. The number of para-hydroxylation sites is 1. The van der Waals surface area contributed by atoms with E-state index in [2.05, 4.69) is 4.72 Å². The Hall–Kier alpha value is -0.830. The highest BCUT2D eigenvalue weighted by Gasteiger charge is 2.03. The van der Waals surface area contributed by atoms with Crippen molar-refractivity contribution in [2.24, 2.45) is 0 Å². The highest BCUT2D eigenvalue weighted by atomic mass is 32.2. The Morgan fingerprint density at radius 1 is 1.25 bits per heavy atom. The summed E-state index contributed by atoms with van der Waals surface area (Å²) >= 11 is 0. The summed E-state index contributed by atoms with van der Waals surface area (Å²) in [5.41, 5.74) is 0.907. The zero-order chi connectivity index (χ0) is 8.97. The van der Waals surface area contributed by atoms with Crippen molar-refractivity contribution in [3.8, 4) is 0 Å². The predicted molar refractivity (Wildman–Crippen MR) is 53.3 cm³/mol. The van der Waals surface area contributed by atoms with E-state index in [1.54, 1.807) is 0 Å². The fourth-order valence-corrected chi connectivity index (χ4v) is 1.34. The van der Waals surface area contributed by atoms with E-state index in [0.29, 0.717) is 0 Å². The van der Waals surface area contributed by atoms with Crippen molar-refractivity contribution in [1.29, 1.82) is 0 Å². The maximum absolute atomic E-state index is 11.3. The normalized spacial score (nSPS) is 12.9. The number of hydrogen-bond donors (Lipinski definition) is 1. The smallest absolute Gasteiger partial charge is 0.119 e.